The first-order valence-electron chi connectivity index (χ1n) is 12.4. The number of rotatable bonds is 10. The Labute approximate surface area is 217 Å². The van der Waals surface area contributed by atoms with Gasteiger partial charge in [0.15, 0.2) is 0 Å². The molecule has 190 valence electrons. The number of nitrogens with one attached hydrogen (secondary N) is 2. The number of aromatic nitrogens is 3. The van der Waals surface area contributed by atoms with Crippen LogP contribution in [-0.2, 0) is 36.0 Å². The van der Waals surface area contributed by atoms with Crippen LogP contribution in [0.4, 0.5) is 5.95 Å². The standard InChI is InChI=1S/C28H30N6O2S/c35-37(36,26-13-10-22(11-14-26)19-32-33-28-30-16-5-17-31-28)34(20-23-6-2-1-3-7-23)21-24-9-12-25-8-4-15-29-27(25)18-24/h1-8,10-11,13-17,24,32H,9,12,18-21H2,(H,30,31,33). The molecule has 1 atom stereocenters. The predicted octanol–water partition coefficient (Wildman–Crippen LogP) is 3.98. The van der Waals surface area contributed by atoms with Gasteiger partial charge in [0, 0.05) is 43.9 Å². The molecule has 5 rings (SSSR count). The van der Waals surface area contributed by atoms with Gasteiger partial charge in [-0.05, 0) is 66.1 Å². The highest BCUT2D eigenvalue weighted by molar-refractivity contribution is 7.89. The predicted molar refractivity (Wildman–Crippen MR) is 143 cm³/mol. The van der Waals surface area contributed by atoms with Crippen molar-refractivity contribution in [2.24, 2.45) is 5.92 Å². The number of hydrogen-bond acceptors (Lipinski definition) is 7. The van der Waals surface area contributed by atoms with Crippen LogP contribution in [0.5, 0.6) is 0 Å². The summed E-state index contributed by atoms with van der Waals surface area (Å²) in [7, 11) is -3.70. The molecule has 1 aliphatic rings. The van der Waals surface area contributed by atoms with Crippen LogP contribution in [0.15, 0.2) is 96.3 Å². The van der Waals surface area contributed by atoms with Gasteiger partial charge in [0.1, 0.15) is 0 Å². The summed E-state index contributed by atoms with van der Waals surface area (Å²) in [6.07, 6.45) is 7.79. The molecule has 0 saturated carbocycles. The Morgan fingerprint density at radius 1 is 0.838 bits per heavy atom. The summed E-state index contributed by atoms with van der Waals surface area (Å²) >= 11 is 0. The lowest BCUT2D eigenvalue weighted by Gasteiger charge is -2.30. The molecule has 9 heteroatoms. The van der Waals surface area contributed by atoms with Crippen LogP contribution < -0.4 is 10.9 Å². The van der Waals surface area contributed by atoms with E-state index in [-0.39, 0.29) is 5.92 Å². The molecule has 1 aliphatic carbocycles. The van der Waals surface area contributed by atoms with Crippen molar-refractivity contribution in [3.05, 3.63) is 114 Å². The molecule has 0 saturated heterocycles. The molecular weight excluding hydrogens is 484 g/mol. The highest BCUT2D eigenvalue weighted by Gasteiger charge is 2.29. The first-order valence-corrected chi connectivity index (χ1v) is 13.8. The monoisotopic (exact) mass is 514 g/mol. The Hall–Kier alpha value is -3.66. The molecule has 37 heavy (non-hydrogen) atoms. The molecule has 0 radical (unpaired) electrons. The minimum atomic E-state index is -3.70. The average molecular weight is 515 g/mol. The maximum absolute atomic E-state index is 13.8. The largest absolute Gasteiger partial charge is 0.289 e. The Kier molecular flexibility index (Phi) is 7.84. The lowest BCUT2D eigenvalue weighted by Crippen LogP contribution is -2.37. The highest BCUT2D eigenvalue weighted by Crippen LogP contribution is 2.28. The highest BCUT2D eigenvalue weighted by atomic mass is 32.2. The molecule has 1 unspecified atom stereocenters. The first kappa shape index (κ1) is 25.0. The van der Waals surface area contributed by atoms with Gasteiger partial charge in [-0.1, -0.05) is 48.5 Å². The van der Waals surface area contributed by atoms with E-state index in [0.29, 0.717) is 30.5 Å². The second-order valence-corrected chi connectivity index (χ2v) is 11.1. The van der Waals surface area contributed by atoms with Gasteiger partial charge >= 0.3 is 0 Å². The number of nitrogens with zero attached hydrogens (tertiary/aromatic N) is 4. The summed E-state index contributed by atoms with van der Waals surface area (Å²) in [5.74, 6) is 0.689. The summed E-state index contributed by atoms with van der Waals surface area (Å²) in [6.45, 7) is 1.28. The molecule has 0 spiro atoms. The van der Waals surface area contributed by atoms with Gasteiger partial charge in [-0.2, -0.15) is 4.31 Å². The summed E-state index contributed by atoms with van der Waals surface area (Å²) in [5, 5.41) is 0. The van der Waals surface area contributed by atoms with Crippen molar-refractivity contribution in [3.63, 3.8) is 0 Å². The Morgan fingerprint density at radius 2 is 1.59 bits per heavy atom. The number of sulfonamides is 1. The lowest BCUT2D eigenvalue weighted by atomic mass is 9.87. The number of anilines is 1. The summed E-state index contributed by atoms with van der Waals surface area (Å²) in [6, 6.07) is 22.6. The van der Waals surface area contributed by atoms with Crippen LogP contribution >= 0.6 is 0 Å². The van der Waals surface area contributed by atoms with Crippen molar-refractivity contribution in [2.45, 2.75) is 37.2 Å². The Morgan fingerprint density at radius 3 is 2.38 bits per heavy atom. The van der Waals surface area contributed by atoms with Gasteiger partial charge in [-0.25, -0.2) is 23.8 Å². The maximum atomic E-state index is 13.8. The van der Waals surface area contributed by atoms with Crippen LogP contribution in [-0.4, -0.2) is 34.2 Å². The zero-order valence-corrected chi connectivity index (χ0v) is 21.3. The van der Waals surface area contributed by atoms with Crippen molar-refractivity contribution < 1.29 is 8.42 Å². The molecule has 0 amide bonds. The normalized spacial score (nSPS) is 15.3. The molecule has 2 aromatic carbocycles. The molecule has 4 aromatic rings. The third kappa shape index (κ3) is 6.37. The minimum absolute atomic E-state index is 0.218. The third-order valence-electron chi connectivity index (χ3n) is 6.57. The topological polar surface area (TPSA) is 100 Å². The Bertz CT molecular complexity index is 1400. The van der Waals surface area contributed by atoms with E-state index in [1.807, 2.05) is 54.7 Å². The van der Waals surface area contributed by atoms with Crippen LogP contribution in [0, 0.1) is 5.92 Å². The van der Waals surface area contributed by atoms with Gasteiger partial charge in [0.2, 0.25) is 16.0 Å². The molecule has 2 aromatic heterocycles. The second kappa shape index (κ2) is 11.6. The van der Waals surface area contributed by atoms with Crippen molar-refractivity contribution in [3.8, 4) is 0 Å². The van der Waals surface area contributed by atoms with Gasteiger partial charge in [-0.3, -0.25) is 10.4 Å². The van der Waals surface area contributed by atoms with Crippen molar-refractivity contribution >= 4 is 16.0 Å². The molecule has 0 aliphatic heterocycles. The molecule has 0 fully saturated rings. The van der Waals surface area contributed by atoms with E-state index < -0.39 is 10.0 Å². The SMILES string of the molecule is O=S(=O)(c1ccc(CNNc2ncccn2)cc1)N(Cc1ccccc1)CC1CCc2cccnc2C1. The fourth-order valence-corrected chi connectivity index (χ4v) is 6.12. The number of aryl methyl sites for hydroxylation is 1. The second-order valence-electron chi connectivity index (χ2n) is 9.20. The zero-order chi connectivity index (χ0) is 25.5. The van der Waals surface area contributed by atoms with Crippen molar-refractivity contribution in [1.29, 1.82) is 0 Å². The van der Waals surface area contributed by atoms with Gasteiger partial charge in [-0.15, -0.1) is 0 Å². The zero-order valence-electron chi connectivity index (χ0n) is 20.5. The number of pyridine rings is 1. The smallest absolute Gasteiger partial charge is 0.243 e. The number of fused-ring (bicyclic) bond motifs is 1. The molecule has 0 bridgehead atoms. The molecule has 2 heterocycles. The number of hydrogen-bond donors (Lipinski definition) is 2. The summed E-state index contributed by atoms with van der Waals surface area (Å²) in [4.78, 5) is 13.0. The minimum Gasteiger partial charge on any atom is -0.289 e. The van der Waals surface area contributed by atoms with Gasteiger partial charge in [0.25, 0.3) is 0 Å². The van der Waals surface area contributed by atoms with Crippen LogP contribution in [0.3, 0.4) is 0 Å². The van der Waals surface area contributed by atoms with E-state index in [2.05, 4.69) is 31.9 Å². The van der Waals surface area contributed by atoms with E-state index in [1.54, 1.807) is 34.9 Å². The van der Waals surface area contributed by atoms with E-state index in [9.17, 15) is 8.42 Å². The number of hydrazine groups is 1. The third-order valence-corrected chi connectivity index (χ3v) is 8.40. The van der Waals surface area contributed by atoms with E-state index in [1.165, 1.54) is 5.56 Å². The molecular formula is C28H30N6O2S. The summed E-state index contributed by atoms with van der Waals surface area (Å²) in [5.41, 5.74) is 10.2. The van der Waals surface area contributed by atoms with Gasteiger partial charge < -0.3 is 0 Å². The van der Waals surface area contributed by atoms with E-state index in [0.717, 1.165) is 36.1 Å². The van der Waals surface area contributed by atoms with E-state index >= 15 is 0 Å². The molecule has 8 nitrogen and oxygen atoms in total. The van der Waals surface area contributed by atoms with Crippen LogP contribution in [0.1, 0.15) is 28.8 Å². The summed E-state index contributed by atoms with van der Waals surface area (Å²) < 4.78 is 29.3. The lowest BCUT2D eigenvalue weighted by molar-refractivity contribution is 0.312. The van der Waals surface area contributed by atoms with Crippen LogP contribution in [0.25, 0.3) is 0 Å². The quantitative estimate of drug-likeness (QED) is 0.309. The van der Waals surface area contributed by atoms with Crippen molar-refractivity contribution in [2.75, 3.05) is 12.0 Å². The van der Waals surface area contributed by atoms with Gasteiger partial charge in [0.05, 0.1) is 4.90 Å². The van der Waals surface area contributed by atoms with Crippen LogP contribution in [0.2, 0.25) is 0 Å². The fraction of sp³-hybridized carbons (Fsp3) is 0.250. The average Bonchev–Trinajstić information content (AvgIpc) is 2.94. The fourth-order valence-electron chi connectivity index (χ4n) is 4.61. The van der Waals surface area contributed by atoms with E-state index in [4.69, 9.17) is 0 Å². The number of benzene rings is 2. The first-order chi connectivity index (χ1) is 18.1. The Balaban J connectivity index is 1.30. The van der Waals surface area contributed by atoms with Crippen molar-refractivity contribution in [1.82, 2.24) is 24.7 Å². The molecule has 2 N–H and O–H groups in total. The maximum Gasteiger partial charge on any atom is 0.243 e.